The molecule has 1 unspecified atom stereocenters. The highest BCUT2D eigenvalue weighted by molar-refractivity contribution is 5.81. The molecule has 0 bridgehead atoms. The zero-order valence-electron chi connectivity index (χ0n) is 8.36. The SMILES string of the molecule is CNC(C)c1cncc2ncccc12. The average Bonchev–Trinajstić information content (AvgIpc) is 2.27. The molecule has 14 heavy (non-hydrogen) atoms. The molecule has 0 aliphatic heterocycles. The summed E-state index contributed by atoms with van der Waals surface area (Å²) >= 11 is 0. The number of fused-ring (bicyclic) bond motifs is 1. The third-order valence-corrected chi connectivity index (χ3v) is 2.46. The zero-order chi connectivity index (χ0) is 9.97. The molecule has 72 valence electrons. The van der Waals surface area contributed by atoms with E-state index in [9.17, 15) is 0 Å². The minimum atomic E-state index is 0.301. The Kier molecular flexibility index (Phi) is 2.41. The molecule has 0 fully saturated rings. The third kappa shape index (κ3) is 1.46. The van der Waals surface area contributed by atoms with Crippen molar-refractivity contribution in [2.45, 2.75) is 13.0 Å². The first kappa shape index (κ1) is 9.09. The molecule has 3 heteroatoms. The Hall–Kier alpha value is -1.48. The normalized spacial score (nSPS) is 13.0. The van der Waals surface area contributed by atoms with Crippen LogP contribution in [0.3, 0.4) is 0 Å². The number of hydrogen-bond acceptors (Lipinski definition) is 3. The van der Waals surface area contributed by atoms with Gasteiger partial charge in [-0.3, -0.25) is 9.97 Å². The Morgan fingerprint density at radius 2 is 2.21 bits per heavy atom. The molecular weight excluding hydrogens is 174 g/mol. The zero-order valence-corrected chi connectivity index (χ0v) is 8.36. The fourth-order valence-corrected chi connectivity index (χ4v) is 1.52. The molecule has 1 N–H and O–H groups in total. The van der Waals surface area contributed by atoms with Crippen LogP contribution in [0, 0.1) is 0 Å². The van der Waals surface area contributed by atoms with Gasteiger partial charge in [0.15, 0.2) is 0 Å². The maximum atomic E-state index is 4.27. The van der Waals surface area contributed by atoms with E-state index in [0.717, 1.165) is 5.52 Å². The molecule has 2 aromatic heterocycles. The number of rotatable bonds is 2. The first-order valence-electron chi connectivity index (χ1n) is 4.69. The van der Waals surface area contributed by atoms with Crippen molar-refractivity contribution in [1.82, 2.24) is 15.3 Å². The molecule has 2 heterocycles. The van der Waals surface area contributed by atoms with E-state index in [1.165, 1.54) is 10.9 Å². The third-order valence-electron chi connectivity index (χ3n) is 2.46. The molecule has 1 atom stereocenters. The summed E-state index contributed by atoms with van der Waals surface area (Å²) < 4.78 is 0. The molecule has 2 rings (SSSR count). The van der Waals surface area contributed by atoms with E-state index in [0.29, 0.717) is 6.04 Å². The number of hydrogen-bond donors (Lipinski definition) is 1. The molecule has 2 aromatic rings. The van der Waals surface area contributed by atoms with Crippen LogP contribution >= 0.6 is 0 Å². The van der Waals surface area contributed by atoms with E-state index >= 15 is 0 Å². The van der Waals surface area contributed by atoms with Gasteiger partial charge in [-0.25, -0.2) is 0 Å². The van der Waals surface area contributed by atoms with Crippen molar-refractivity contribution in [3.05, 3.63) is 36.3 Å². The summed E-state index contributed by atoms with van der Waals surface area (Å²) in [5, 5.41) is 4.38. The van der Waals surface area contributed by atoms with Crippen molar-refractivity contribution in [3.8, 4) is 0 Å². The molecule has 0 saturated carbocycles. The average molecular weight is 187 g/mol. The smallest absolute Gasteiger partial charge is 0.0888 e. The van der Waals surface area contributed by atoms with Crippen molar-refractivity contribution in [2.75, 3.05) is 7.05 Å². The van der Waals surface area contributed by atoms with Gasteiger partial charge in [0.1, 0.15) is 0 Å². The van der Waals surface area contributed by atoms with Crippen LogP contribution in [-0.2, 0) is 0 Å². The summed E-state index contributed by atoms with van der Waals surface area (Å²) in [5.41, 5.74) is 2.14. The van der Waals surface area contributed by atoms with Gasteiger partial charge in [0.05, 0.1) is 11.7 Å². The van der Waals surface area contributed by atoms with Gasteiger partial charge in [0, 0.05) is 23.8 Å². The van der Waals surface area contributed by atoms with Crippen molar-refractivity contribution in [3.63, 3.8) is 0 Å². The van der Waals surface area contributed by atoms with Crippen LogP contribution in [0.2, 0.25) is 0 Å². The summed E-state index contributed by atoms with van der Waals surface area (Å²) in [6, 6.07) is 4.33. The Morgan fingerprint density at radius 3 is 3.00 bits per heavy atom. The van der Waals surface area contributed by atoms with Crippen LogP contribution in [0.15, 0.2) is 30.7 Å². The van der Waals surface area contributed by atoms with E-state index in [-0.39, 0.29) is 0 Å². The van der Waals surface area contributed by atoms with Gasteiger partial charge in [0.25, 0.3) is 0 Å². The van der Waals surface area contributed by atoms with Crippen molar-refractivity contribution in [1.29, 1.82) is 0 Å². The molecule has 0 saturated heterocycles. The van der Waals surface area contributed by atoms with Crippen LogP contribution in [0.25, 0.3) is 10.9 Å². The quantitative estimate of drug-likeness (QED) is 0.780. The molecule has 0 amide bonds. The van der Waals surface area contributed by atoms with E-state index in [4.69, 9.17) is 0 Å². The van der Waals surface area contributed by atoms with Gasteiger partial charge in [-0.1, -0.05) is 6.07 Å². The predicted octanol–water partition coefficient (Wildman–Crippen LogP) is 1.91. The van der Waals surface area contributed by atoms with E-state index in [2.05, 4.69) is 28.3 Å². The fourth-order valence-electron chi connectivity index (χ4n) is 1.52. The molecule has 3 nitrogen and oxygen atoms in total. The molecule has 0 radical (unpaired) electrons. The molecule has 0 aliphatic carbocycles. The summed E-state index contributed by atoms with van der Waals surface area (Å²) in [5.74, 6) is 0. The predicted molar refractivity (Wildman–Crippen MR) is 57.0 cm³/mol. The second-order valence-corrected chi connectivity index (χ2v) is 3.31. The number of nitrogens with one attached hydrogen (secondary N) is 1. The minimum absolute atomic E-state index is 0.301. The molecule has 0 aromatic carbocycles. The van der Waals surface area contributed by atoms with Crippen molar-refractivity contribution < 1.29 is 0 Å². The van der Waals surface area contributed by atoms with E-state index in [1.807, 2.05) is 19.3 Å². The standard InChI is InChI=1S/C11H13N3/c1-8(12-2)10-6-13-7-11-9(10)4-3-5-14-11/h3-8,12H,1-2H3. The number of aromatic nitrogens is 2. The first-order chi connectivity index (χ1) is 6.83. The highest BCUT2D eigenvalue weighted by atomic mass is 14.9. The Bertz CT molecular complexity index is 434. The van der Waals surface area contributed by atoms with E-state index < -0.39 is 0 Å². The van der Waals surface area contributed by atoms with Crippen LogP contribution < -0.4 is 5.32 Å². The summed E-state index contributed by atoms with van der Waals surface area (Å²) in [6.07, 6.45) is 5.48. The van der Waals surface area contributed by atoms with Gasteiger partial charge in [0.2, 0.25) is 0 Å². The second kappa shape index (κ2) is 3.72. The number of pyridine rings is 2. The molecule has 0 spiro atoms. The largest absolute Gasteiger partial charge is 0.313 e. The molecular formula is C11H13N3. The van der Waals surface area contributed by atoms with Gasteiger partial charge in [-0.05, 0) is 25.6 Å². The monoisotopic (exact) mass is 187 g/mol. The maximum absolute atomic E-state index is 4.27. The Morgan fingerprint density at radius 1 is 1.36 bits per heavy atom. The first-order valence-corrected chi connectivity index (χ1v) is 4.69. The summed E-state index contributed by atoms with van der Waals surface area (Å²) in [6.45, 7) is 2.11. The minimum Gasteiger partial charge on any atom is -0.313 e. The van der Waals surface area contributed by atoms with Gasteiger partial charge < -0.3 is 5.32 Å². The highest BCUT2D eigenvalue weighted by Gasteiger charge is 2.07. The highest BCUT2D eigenvalue weighted by Crippen LogP contribution is 2.20. The lowest BCUT2D eigenvalue weighted by atomic mass is 10.1. The number of nitrogens with zero attached hydrogens (tertiary/aromatic N) is 2. The summed E-state index contributed by atoms with van der Waals surface area (Å²) in [7, 11) is 1.94. The van der Waals surface area contributed by atoms with Crippen LogP contribution in [-0.4, -0.2) is 17.0 Å². The van der Waals surface area contributed by atoms with Gasteiger partial charge >= 0.3 is 0 Å². The Balaban J connectivity index is 2.65. The molecule has 0 aliphatic rings. The summed E-state index contributed by atoms with van der Waals surface area (Å²) in [4.78, 5) is 8.45. The van der Waals surface area contributed by atoms with Gasteiger partial charge in [-0.15, -0.1) is 0 Å². The van der Waals surface area contributed by atoms with Crippen LogP contribution in [0.4, 0.5) is 0 Å². The van der Waals surface area contributed by atoms with Crippen molar-refractivity contribution in [2.24, 2.45) is 0 Å². The Labute approximate surface area is 83.2 Å². The maximum Gasteiger partial charge on any atom is 0.0888 e. The fraction of sp³-hybridized carbons (Fsp3) is 0.273. The lowest BCUT2D eigenvalue weighted by Crippen LogP contribution is -2.12. The lowest BCUT2D eigenvalue weighted by Gasteiger charge is -2.12. The second-order valence-electron chi connectivity index (χ2n) is 3.31. The lowest BCUT2D eigenvalue weighted by molar-refractivity contribution is 0.654. The van der Waals surface area contributed by atoms with Crippen LogP contribution in [0.5, 0.6) is 0 Å². The van der Waals surface area contributed by atoms with Crippen molar-refractivity contribution >= 4 is 10.9 Å². The van der Waals surface area contributed by atoms with E-state index in [1.54, 1.807) is 12.4 Å². The van der Waals surface area contributed by atoms with Gasteiger partial charge in [-0.2, -0.15) is 0 Å². The topological polar surface area (TPSA) is 37.8 Å². The van der Waals surface area contributed by atoms with Crippen LogP contribution in [0.1, 0.15) is 18.5 Å².